The molecule has 0 unspecified atom stereocenters. The Bertz CT molecular complexity index is 947. The maximum atomic E-state index is 13.1. The van der Waals surface area contributed by atoms with Crippen LogP contribution in [-0.2, 0) is 16.9 Å². The lowest BCUT2D eigenvalue weighted by Crippen LogP contribution is -2.54. The molecule has 5 rings (SSSR count). The number of likely N-dealkylation sites (tertiary alicyclic amines) is 1. The molecule has 0 bridgehead atoms. The SMILES string of the molecule is Cc1cc2n(n1)C1(CCN(Cc3ccc(OC(F)F)cc3)CC1)CC(=O)N2CC1CC1. The van der Waals surface area contributed by atoms with Gasteiger partial charge in [-0.05, 0) is 56.2 Å². The van der Waals surface area contributed by atoms with Crippen LogP contribution in [0, 0.1) is 12.8 Å². The lowest BCUT2D eigenvalue weighted by atomic mass is 9.82. The summed E-state index contributed by atoms with van der Waals surface area (Å²) in [7, 11) is 0. The number of hydrogen-bond acceptors (Lipinski definition) is 4. The second kappa shape index (κ2) is 7.89. The quantitative estimate of drug-likeness (QED) is 0.697. The Hall–Kier alpha value is -2.48. The molecule has 1 spiro atoms. The van der Waals surface area contributed by atoms with Gasteiger partial charge in [-0.3, -0.25) is 14.6 Å². The Kier molecular flexibility index (Phi) is 5.20. The molecular formula is C23H28F2N4O2. The number of hydrogen-bond donors (Lipinski definition) is 0. The summed E-state index contributed by atoms with van der Waals surface area (Å²) in [4.78, 5) is 17.4. The van der Waals surface area contributed by atoms with Crippen LogP contribution >= 0.6 is 0 Å². The van der Waals surface area contributed by atoms with Gasteiger partial charge in [-0.1, -0.05) is 12.1 Å². The molecule has 2 aromatic rings. The van der Waals surface area contributed by atoms with Crippen molar-refractivity contribution in [3.63, 3.8) is 0 Å². The number of anilines is 1. The lowest BCUT2D eigenvalue weighted by molar-refractivity contribution is -0.123. The molecular weight excluding hydrogens is 402 g/mol. The number of carbonyl (C=O) groups is 1. The maximum absolute atomic E-state index is 13.1. The molecule has 1 saturated heterocycles. The van der Waals surface area contributed by atoms with Crippen LogP contribution in [0.25, 0.3) is 0 Å². The van der Waals surface area contributed by atoms with Gasteiger partial charge in [0.1, 0.15) is 11.6 Å². The molecule has 0 atom stereocenters. The van der Waals surface area contributed by atoms with Crippen molar-refractivity contribution in [2.75, 3.05) is 24.5 Å². The Balaban J connectivity index is 1.27. The third kappa shape index (κ3) is 4.18. The second-order valence-electron chi connectivity index (χ2n) is 9.20. The van der Waals surface area contributed by atoms with Crippen molar-refractivity contribution in [3.8, 4) is 5.75 Å². The van der Waals surface area contributed by atoms with Crippen LogP contribution in [0.2, 0.25) is 0 Å². The first-order chi connectivity index (χ1) is 14.9. The zero-order chi connectivity index (χ0) is 21.6. The average Bonchev–Trinajstić information content (AvgIpc) is 3.47. The highest BCUT2D eigenvalue weighted by Crippen LogP contribution is 2.43. The number of fused-ring (bicyclic) bond motifs is 2. The van der Waals surface area contributed by atoms with Crippen LogP contribution in [0.1, 0.15) is 43.4 Å². The van der Waals surface area contributed by atoms with E-state index in [0.29, 0.717) is 12.3 Å². The van der Waals surface area contributed by atoms with E-state index in [4.69, 9.17) is 5.10 Å². The molecule has 2 fully saturated rings. The highest BCUT2D eigenvalue weighted by molar-refractivity contribution is 5.94. The van der Waals surface area contributed by atoms with E-state index < -0.39 is 6.61 Å². The van der Waals surface area contributed by atoms with Crippen molar-refractivity contribution in [3.05, 3.63) is 41.6 Å². The number of benzene rings is 1. The first-order valence-corrected chi connectivity index (χ1v) is 11.1. The molecule has 31 heavy (non-hydrogen) atoms. The Morgan fingerprint density at radius 3 is 2.55 bits per heavy atom. The summed E-state index contributed by atoms with van der Waals surface area (Å²) < 4.78 is 31.2. The molecule has 1 aromatic heterocycles. The smallest absolute Gasteiger partial charge is 0.387 e. The minimum Gasteiger partial charge on any atom is -0.435 e. The van der Waals surface area contributed by atoms with Crippen molar-refractivity contribution < 1.29 is 18.3 Å². The predicted octanol–water partition coefficient (Wildman–Crippen LogP) is 3.93. The van der Waals surface area contributed by atoms with Crippen molar-refractivity contribution in [2.24, 2.45) is 5.92 Å². The molecule has 8 heteroatoms. The first-order valence-electron chi connectivity index (χ1n) is 11.1. The summed E-state index contributed by atoms with van der Waals surface area (Å²) in [6, 6.07) is 8.88. The standard InChI is InChI=1S/C23H28F2N4O2/c1-16-12-20-28(15-18-2-3-18)21(30)13-23(29(20)26-16)8-10-27(11-9-23)14-17-4-6-19(7-5-17)31-22(24)25/h4-7,12,18,22H,2-3,8-11,13-15H2,1H3. The zero-order valence-electron chi connectivity index (χ0n) is 17.8. The average molecular weight is 430 g/mol. The van der Waals surface area contributed by atoms with Gasteiger partial charge in [-0.2, -0.15) is 13.9 Å². The summed E-state index contributed by atoms with van der Waals surface area (Å²) in [6.45, 7) is 2.48. The fraction of sp³-hybridized carbons (Fsp3) is 0.565. The Labute approximate surface area is 180 Å². The zero-order valence-corrected chi connectivity index (χ0v) is 17.8. The van der Waals surface area contributed by atoms with E-state index in [2.05, 4.69) is 20.4 Å². The van der Waals surface area contributed by atoms with Crippen LogP contribution in [0.4, 0.5) is 14.6 Å². The van der Waals surface area contributed by atoms with E-state index in [1.807, 2.05) is 24.0 Å². The largest absolute Gasteiger partial charge is 0.435 e. The number of ether oxygens (including phenoxy) is 1. The van der Waals surface area contributed by atoms with Crippen LogP contribution in [0.5, 0.6) is 5.75 Å². The van der Waals surface area contributed by atoms with Gasteiger partial charge in [0.05, 0.1) is 17.7 Å². The monoisotopic (exact) mass is 430 g/mol. The van der Waals surface area contributed by atoms with Crippen molar-refractivity contribution in [2.45, 2.75) is 57.7 Å². The number of halogens is 2. The van der Waals surface area contributed by atoms with Gasteiger partial charge in [0.2, 0.25) is 5.91 Å². The predicted molar refractivity (Wildman–Crippen MR) is 112 cm³/mol. The van der Waals surface area contributed by atoms with Crippen LogP contribution < -0.4 is 9.64 Å². The van der Waals surface area contributed by atoms with E-state index in [-0.39, 0.29) is 17.2 Å². The van der Waals surface area contributed by atoms with E-state index in [0.717, 1.165) is 56.1 Å². The summed E-state index contributed by atoms with van der Waals surface area (Å²) >= 11 is 0. The number of aryl methyl sites for hydroxylation is 1. The lowest BCUT2D eigenvalue weighted by Gasteiger charge is -2.46. The molecule has 0 N–H and O–H groups in total. The molecule has 1 saturated carbocycles. The van der Waals surface area contributed by atoms with Crippen LogP contribution in [-0.4, -0.2) is 46.8 Å². The minimum absolute atomic E-state index is 0.175. The minimum atomic E-state index is -2.81. The highest BCUT2D eigenvalue weighted by atomic mass is 19.3. The molecule has 6 nitrogen and oxygen atoms in total. The van der Waals surface area contributed by atoms with Gasteiger partial charge in [0, 0.05) is 32.2 Å². The number of carbonyl (C=O) groups excluding carboxylic acids is 1. The van der Waals surface area contributed by atoms with Gasteiger partial charge in [-0.15, -0.1) is 0 Å². The van der Waals surface area contributed by atoms with Crippen molar-refractivity contribution in [1.82, 2.24) is 14.7 Å². The number of aromatic nitrogens is 2. The number of amides is 1. The molecule has 3 heterocycles. The van der Waals surface area contributed by atoms with Gasteiger partial charge in [0.25, 0.3) is 0 Å². The highest BCUT2D eigenvalue weighted by Gasteiger charge is 2.46. The van der Waals surface area contributed by atoms with Crippen LogP contribution in [0.15, 0.2) is 30.3 Å². The number of piperidine rings is 1. The van der Waals surface area contributed by atoms with Gasteiger partial charge in [-0.25, -0.2) is 4.68 Å². The second-order valence-corrected chi connectivity index (χ2v) is 9.20. The summed E-state index contributed by atoms with van der Waals surface area (Å²) in [5.74, 6) is 2.00. The normalized spacial score (nSPS) is 21.0. The molecule has 2 aliphatic heterocycles. The topological polar surface area (TPSA) is 50.6 Å². The molecule has 1 aliphatic carbocycles. The summed E-state index contributed by atoms with van der Waals surface area (Å²) in [5.41, 5.74) is 1.77. The number of nitrogens with zero attached hydrogens (tertiary/aromatic N) is 4. The molecule has 3 aliphatic rings. The molecule has 1 aromatic carbocycles. The number of alkyl halides is 2. The third-order valence-corrected chi connectivity index (χ3v) is 6.80. The Morgan fingerprint density at radius 2 is 1.90 bits per heavy atom. The van der Waals surface area contributed by atoms with E-state index in [1.165, 1.54) is 12.8 Å². The van der Waals surface area contributed by atoms with Gasteiger partial charge in [0.15, 0.2) is 0 Å². The number of rotatable bonds is 6. The van der Waals surface area contributed by atoms with Crippen molar-refractivity contribution >= 4 is 11.7 Å². The van der Waals surface area contributed by atoms with E-state index >= 15 is 0 Å². The summed E-state index contributed by atoms with van der Waals surface area (Å²) in [6.07, 6.45) is 4.69. The fourth-order valence-electron chi connectivity index (χ4n) is 4.91. The fourth-order valence-corrected chi connectivity index (χ4v) is 4.91. The van der Waals surface area contributed by atoms with Gasteiger partial charge >= 0.3 is 6.61 Å². The Morgan fingerprint density at radius 1 is 1.19 bits per heavy atom. The molecule has 1 amide bonds. The van der Waals surface area contributed by atoms with Gasteiger partial charge < -0.3 is 4.74 Å². The van der Waals surface area contributed by atoms with Crippen molar-refractivity contribution in [1.29, 1.82) is 0 Å². The first kappa shape index (κ1) is 20.4. The van der Waals surface area contributed by atoms with E-state index in [9.17, 15) is 13.6 Å². The van der Waals surface area contributed by atoms with E-state index in [1.54, 1.807) is 12.1 Å². The van der Waals surface area contributed by atoms with Crippen LogP contribution in [0.3, 0.4) is 0 Å². The third-order valence-electron chi connectivity index (χ3n) is 6.80. The maximum Gasteiger partial charge on any atom is 0.387 e. The summed E-state index contributed by atoms with van der Waals surface area (Å²) in [5, 5.41) is 4.81. The molecule has 166 valence electrons. The molecule has 0 radical (unpaired) electrons.